The number of hydrogen-bond acceptors (Lipinski definition) is 4. The largest absolute Gasteiger partial charge is 0.469 e. The minimum atomic E-state index is -0.408. The Balaban J connectivity index is 2.36. The molecule has 0 spiro atoms. The lowest BCUT2D eigenvalue weighted by Crippen LogP contribution is -2.16. The van der Waals surface area contributed by atoms with Gasteiger partial charge in [-0.1, -0.05) is 18.2 Å². The van der Waals surface area contributed by atoms with Gasteiger partial charge in [-0.15, -0.1) is 0 Å². The van der Waals surface area contributed by atoms with Gasteiger partial charge in [0.15, 0.2) is 0 Å². The average Bonchev–Trinajstić information content (AvgIpc) is 2.47. The van der Waals surface area contributed by atoms with Crippen LogP contribution in [-0.2, 0) is 9.53 Å². The van der Waals surface area contributed by atoms with Crippen LogP contribution in [0.3, 0.4) is 0 Å². The van der Waals surface area contributed by atoms with E-state index in [2.05, 4.69) is 35.7 Å². The quantitative estimate of drug-likeness (QED) is 0.877. The maximum atomic E-state index is 11.3. The van der Waals surface area contributed by atoms with Crippen LogP contribution in [0.5, 0.6) is 0 Å². The van der Waals surface area contributed by atoms with Crippen molar-refractivity contribution in [3.05, 3.63) is 53.3 Å². The fourth-order valence-corrected chi connectivity index (χ4v) is 2.45. The van der Waals surface area contributed by atoms with Crippen LogP contribution in [0, 0.1) is 13.8 Å². The number of nitrogens with two attached hydrogens (primary N) is 1. The molecule has 0 aliphatic rings. The van der Waals surface area contributed by atoms with Crippen LogP contribution in [0.25, 0.3) is 11.1 Å². The molecule has 0 radical (unpaired) electrons. The molecule has 0 saturated carbocycles. The van der Waals surface area contributed by atoms with Gasteiger partial charge in [-0.25, -0.2) is 0 Å². The second kappa shape index (κ2) is 6.50. The summed E-state index contributed by atoms with van der Waals surface area (Å²) in [4.78, 5) is 15.6. The molecule has 0 aliphatic carbocycles. The monoisotopic (exact) mass is 284 g/mol. The van der Waals surface area contributed by atoms with Gasteiger partial charge in [-0.2, -0.15) is 0 Å². The zero-order chi connectivity index (χ0) is 15.4. The van der Waals surface area contributed by atoms with Crippen molar-refractivity contribution in [3.63, 3.8) is 0 Å². The first kappa shape index (κ1) is 15.2. The highest BCUT2D eigenvalue weighted by atomic mass is 16.5. The third kappa shape index (κ3) is 3.47. The van der Waals surface area contributed by atoms with Gasteiger partial charge < -0.3 is 10.5 Å². The Labute approximate surface area is 125 Å². The Hall–Kier alpha value is -2.20. The van der Waals surface area contributed by atoms with Crippen molar-refractivity contribution in [2.45, 2.75) is 26.3 Å². The molecule has 1 atom stereocenters. The second-order valence-corrected chi connectivity index (χ2v) is 5.16. The van der Waals surface area contributed by atoms with Crippen molar-refractivity contribution >= 4 is 5.97 Å². The number of carbonyl (C=O) groups is 1. The maximum Gasteiger partial charge on any atom is 0.307 e. The van der Waals surface area contributed by atoms with Crippen molar-refractivity contribution < 1.29 is 9.53 Å². The molecule has 4 heteroatoms. The minimum Gasteiger partial charge on any atom is -0.469 e. The molecule has 0 fully saturated rings. The van der Waals surface area contributed by atoms with Crippen molar-refractivity contribution in [3.8, 4) is 11.1 Å². The molecule has 21 heavy (non-hydrogen) atoms. The first-order valence-electron chi connectivity index (χ1n) is 6.87. The molecule has 2 aromatic rings. The third-order valence-corrected chi connectivity index (χ3v) is 3.57. The molecule has 0 unspecified atom stereocenters. The van der Waals surface area contributed by atoms with Gasteiger partial charge in [-0.3, -0.25) is 9.78 Å². The van der Waals surface area contributed by atoms with Gasteiger partial charge in [-0.05, 0) is 42.2 Å². The second-order valence-electron chi connectivity index (χ2n) is 5.16. The Morgan fingerprint density at radius 3 is 2.57 bits per heavy atom. The summed E-state index contributed by atoms with van der Waals surface area (Å²) in [6.45, 7) is 4.15. The molecule has 0 saturated heterocycles. The van der Waals surface area contributed by atoms with Crippen molar-refractivity contribution in [2.75, 3.05) is 7.11 Å². The Morgan fingerprint density at radius 2 is 1.95 bits per heavy atom. The minimum absolute atomic E-state index is 0.147. The van der Waals surface area contributed by atoms with E-state index in [9.17, 15) is 4.79 Å². The number of ether oxygens (including phenoxy) is 1. The smallest absolute Gasteiger partial charge is 0.307 e. The number of rotatable bonds is 4. The van der Waals surface area contributed by atoms with E-state index in [1.165, 1.54) is 18.2 Å². The number of benzene rings is 1. The summed E-state index contributed by atoms with van der Waals surface area (Å²) in [7, 11) is 1.36. The fraction of sp³-hybridized carbons (Fsp3) is 0.294. The molecule has 0 amide bonds. The Morgan fingerprint density at radius 1 is 1.29 bits per heavy atom. The van der Waals surface area contributed by atoms with E-state index in [0.29, 0.717) is 0 Å². The van der Waals surface area contributed by atoms with E-state index in [1.807, 2.05) is 18.3 Å². The van der Waals surface area contributed by atoms with E-state index < -0.39 is 6.04 Å². The van der Waals surface area contributed by atoms with Crippen LogP contribution in [0.2, 0.25) is 0 Å². The molecule has 2 rings (SSSR count). The standard InChI is InChI=1S/C17H20N2O2/c1-11-5-4-6-12(2)17(11)14-7-13(9-19-10-14)15(18)8-16(20)21-3/h4-7,9-10,15H,8,18H2,1-3H3/t15-/m1/s1. The summed E-state index contributed by atoms with van der Waals surface area (Å²) in [5.74, 6) is -0.319. The SMILES string of the molecule is COC(=O)C[C@@H](N)c1cncc(-c2c(C)cccc2C)c1. The number of hydrogen-bond donors (Lipinski definition) is 1. The predicted octanol–water partition coefficient (Wildman–Crippen LogP) is 2.93. The Bertz CT molecular complexity index is 633. The first-order valence-corrected chi connectivity index (χ1v) is 6.87. The lowest BCUT2D eigenvalue weighted by molar-refractivity contribution is -0.141. The lowest BCUT2D eigenvalue weighted by Gasteiger charge is -2.14. The molecule has 0 aliphatic heterocycles. The van der Waals surface area contributed by atoms with Crippen LogP contribution in [0.1, 0.15) is 29.2 Å². The molecular formula is C17H20N2O2. The highest BCUT2D eigenvalue weighted by Crippen LogP contribution is 2.28. The molecule has 2 N–H and O–H groups in total. The average molecular weight is 284 g/mol. The number of methoxy groups -OCH3 is 1. The number of esters is 1. The number of pyridine rings is 1. The van der Waals surface area contributed by atoms with Crippen molar-refractivity contribution in [2.24, 2.45) is 5.73 Å². The third-order valence-electron chi connectivity index (χ3n) is 3.57. The van der Waals surface area contributed by atoms with Crippen molar-refractivity contribution in [1.29, 1.82) is 0 Å². The van der Waals surface area contributed by atoms with E-state index >= 15 is 0 Å². The number of carbonyl (C=O) groups excluding carboxylic acids is 1. The van der Waals surface area contributed by atoms with E-state index in [4.69, 9.17) is 5.73 Å². The van der Waals surface area contributed by atoms with E-state index in [-0.39, 0.29) is 12.4 Å². The molecule has 1 heterocycles. The van der Waals surface area contributed by atoms with Crippen LogP contribution < -0.4 is 5.73 Å². The molecular weight excluding hydrogens is 264 g/mol. The topological polar surface area (TPSA) is 65.2 Å². The first-order chi connectivity index (χ1) is 10.0. The van der Waals surface area contributed by atoms with Gasteiger partial charge in [0.25, 0.3) is 0 Å². The summed E-state index contributed by atoms with van der Waals surface area (Å²) in [6.07, 6.45) is 3.67. The van der Waals surface area contributed by atoms with Crippen LogP contribution in [0.4, 0.5) is 0 Å². The van der Waals surface area contributed by atoms with Gasteiger partial charge in [0.1, 0.15) is 0 Å². The molecule has 1 aromatic heterocycles. The van der Waals surface area contributed by atoms with Gasteiger partial charge in [0.05, 0.1) is 13.5 Å². The fourth-order valence-electron chi connectivity index (χ4n) is 2.45. The van der Waals surface area contributed by atoms with E-state index in [1.54, 1.807) is 6.20 Å². The van der Waals surface area contributed by atoms with Gasteiger partial charge in [0, 0.05) is 24.0 Å². The number of aromatic nitrogens is 1. The van der Waals surface area contributed by atoms with Crippen LogP contribution in [0.15, 0.2) is 36.7 Å². The van der Waals surface area contributed by atoms with Crippen molar-refractivity contribution in [1.82, 2.24) is 4.98 Å². The highest BCUT2D eigenvalue weighted by molar-refractivity contribution is 5.72. The molecule has 4 nitrogen and oxygen atoms in total. The lowest BCUT2D eigenvalue weighted by atomic mass is 9.95. The van der Waals surface area contributed by atoms with Gasteiger partial charge in [0.2, 0.25) is 0 Å². The summed E-state index contributed by atoms with van der Waals surface area (Å²) in [5, 5.41) is 0. The summed E-state index contributed by atoms with van der Waals surface area (Å²) in [5.41, 5.74) is 11.4. The summed E-state index contributed by atoms with van der Waals surface area (Å²) in [6, 6.07) is 7.77. The zero-order valence-electron chi connectivity index (χ0n) is 12.6. The van der Waals surface area contributed by atoms with Crippen LogP contribution >= 0.6 is 0 Å². The zero-order valence-corrected chi connectivity index (χ0v) is 12.6. The van der Waals surface area contributed by atoms with Crippen LogP contribution in [-0.4, -0.2) is 18.1 Å². The summed E-state index contributed by atoms with van der Waals surface area (Å²) >= 11 is 0. The summed E-state index contributed by atoms with van der Waals surface area (Å²) < 4.78 is 4.66. The highest BCUT2D eigenvalue weighted by Gasteiger charge is 2.14. The maximum absolute atomic E-state index is 11.3. The number of aryl methyl sites for hydroxylation is 2. The van der Waals surface area contributed by atoms with Gasteiger partial charge >= 0.3 is 5.97 Å². The molecule has 0 bridgehead atoms. The predicted molar refractivity (Wildman–Crippen MR) is 82.7 cm³/mol. The van der Waals surface area contributed by atoms with E-state index in [0.717, 1.165) is 16.7 Å². The molecule has 110 valence electrons. The Kier molecular flexibility index (Phi) is 4.70. The molecule has 1 aromatic carbocycles. The number of nitrogens with zero attached hydrogens (tertiary/aromatic N) is 1. The normalized spacial score (nSPS) is 12.0.